The molecule has 0 radical (unpaired) electrons. The van der Waals surface area contributed by atoms with Gasteiger partial charge in [0.1, 0.15) is 12.6 Å². The number of sulfonamides is 1. The average Bonchev–Trinajstić information content (AvgIpc) is 2.98. The zero-order valence-corrected chi connectivity index (χ0v) is 27.0. The van der Waals surface area contributed by atoms with E-state index in [0.29, 0.717) is 5.02 Å². The summed E-state index contributed by atoms with van der Waals surface area (Å²) >= 11 is 6.29. The van der Waals surface area contributed by atoms with Crippen LogP contribution < -0.4 is 9.62 Å². The van der Waals surface area contributed by atoms with Gasteiger partial charge in [0.25, 0.3) is 10.0 Å². The van der Waals surface area contributed by atoms with E-state index < -0.39 is 28.5 Å². The van der Waals surface area contributed by atoms with Gasteiger partial charge in [-0.05, 0) is 69.2 Å². The van der Waals surface area contributed by atoms with E-state index >= 15 is 0 Å². The maximum Gasteiger partial charge on any atom is 0.264 e. The Kier molecular flexibility index (Phi) is 10.8. The molecule has 9 heteroatoms. The Morgan fingerprint density at radius 2 is 1.45 bits per heavy atom. The highest BCUT2D eigenvalue weighted by Crippen LogP contribution is 2.27. The van der Waals surface area contributed by atoms with Gasteiger partial charge >= 0.3 is 0 Å². The molecule has 4 aromatic carbocycles. The van der Waals surface area contributed by atoms with Gasteiger partial charge in [-0.1, -0.05) is 95.5 Å². The van der Waals surface area contributed by atoms with Crippen molar-refractivity contribution >= 4 is 39.1 Å². The number of anilines is 1. The molecule has 0 heterocycles. The molecule has 2 amide bonds. The lowest BCUT2D eigenvalue weighted by Crippen LogP contribution is -2.54. The minimum Gasteiger partial charge on any atom is -0.352 e. The number of carbonyl (C=O) groups excluding carboxylic acids is 2. The Hall–Kier alpha value is -4.14. The van der Waals surface area contributed by atoms with Crippen LogP contribution in [0.15, 0.2) is 108 Å². The maximum atomic E-state index is 14.5. The van der Waals surface area contributed by atoms with Crippen LogP contribution in [0.1, 0.15) is 36.1 Å². The van der Waals surface area contributed by atoms with Crippen LogP contribution in [0.2, 0.25) is 5.02 Å². The van der Waals surface area contributed by atoms with E-state index in [0.717, 1.165) is 26.6 Å². The summed E-state index contributed by atoms with van der Waals surface area (Å²) in [5.41, 5.74) is 3.84. The van der Waals surface area contributed by atoms with E-state index in [4.69, 9.17) is 11.6 Å². The average molecular weight is 632 g/mol. The Labute approximate surface area is 265 Å². The van der Waals surface area contributed by atoms with Crippen LogP contribution in [0.5, 0.6) is 0 Å². The van der Waals surface area contributed by atoms with E-state index in [1.165, 1.54) is 23.1 Å². The summed E-state index contributed by atoms with van der Waals surface area (Å²) < 4.78 is 29.2. The molecule has 4 aromatic rings. The summed E-state index contributed by atoms with van der Waals surface area (Å²) in [6.45, 7) is 7.11. The summed E-state index contributed by atoms with van der Waals surface area (Å²) in [7, 11) is -4.19. The molecule has 0 fully saturated rings. The first-order valence-corrected chi connectivity index (χ1v) is 16.3. The number of benzene rings is 4. The summed E-state index contributed by atoms with van der Waals surface area (Å²) in [6, 6.07) is 28.9. The molecule has 230 valence electrons. The number of hydrogen-bond acceptors (Lipinski definition) is 4. The lowest BCUT2D eigenvalue weighted by molar-refractivity contribution is -0.140. The standard InChI is InChI=1S/C35H38ClN3O4S/c1-25(2)37-35(41)33(21-28-11-6-5-7-12-28)38(23-29-13-8-10-27(4)20-29)34(40)24-39(31-15-9-14-30(36)22-31)44(42,43)32-18-16-26(3)17-19-32/h5-20,22,25,33H,21,23-24H2,1-4H3,(H,37,41). The fourth-order valence-corrected chi connectivity index (χ4v) is 6.53. The van der Waals surface area contributed by atoms with Crippen molar-refractivity contribution in [1.82, 2.24) is 10.2 Å². The molecule has 1 N–H and O–H groups in total. The number of halogens is 1. The van der Waals surface area contributed by atoms with Crippen LogP contribution in [0.25, 0.3) is 0 Å². The van der Waals surface area contributed by atoms with Crippen molar-refractivity contribution in [2.45, 2.75) is 57.6 Å². The highest BCUT2D eigenvalue weighted by Gasteiger charge is 2.35. The molecular weight excluding hydrogens is 594 g/mol. The largest absolute Gasteiger partial charge is 0.352 e. The molecule has 0 saturated heterocycles. The van der Waals surface area contributed by atoms with E-state index in [1.807, 2.05) is 82.3 Å². The molecule has 0 aliphatic carbocycles. The predicted molar refractivity (Wildman–Crippen MR) is 176 cm³/mol. The van der Waals surface area contributed by atoms with Gasteiger partial charge in [0.15, 0.2) is 0 Å². The van der Waals surface area contributed by atoms with Gasteiger partial charge in [0.05, 0.1) is 10.6 Å². The van der Waals surface area contributed by atoms with E-state index in [9.17, 15) is 18.0 Å². The van der Waals surface area contributed by atoms with Crippen molar-refractivity contribution in [3.05, 3.63) is 130 Å². The Bertz CT molecular complexity index is 1690. The lowest BCUT2D eigenvalue weighted by Gasteiger charge is -2.34. The highest BCUT2D eigenvalue weighted by atomic mass is 35.5. The monoisotopic (exact) mass is 631 g/mol. The zero-order chi connectivity index (χ0) is 31.9. The van der Waals surface area contributed by atoms with Crippen molar-refractivity contribution < 1.29 is 18.0 Å². The van der Waals surface area contributed by atoms with Crippen LogP contribution >= 0.6 is 11.6 Å². The number of rotatable bonds is 12. The van der Waals surface area contributed by atoms with Crippen molar-refractivity contribution in [1.29, 1.82) is 0 Å². The quantitative estimate of drug-likeness (QED) is 0.198. The van der Waals surface area contributed by atoms with Gasteiger partial charge in [-0.25, -0.2) is 8.42 Å². The lowest BCUT2D eigenvalue weighted by atomic mass is 10.0. The maximum absolute atomic E-state index is 14.5. The molecule has 44 heavy (non-hydrogen) atoms. The van der Waals surface area contributed by atoms with Crippen LogP contribution in [0.4, 0.5) is 5.69 Å². The molecular formula is C35H38ClN3O4S. The first-order chi connectivity index (χ1) is 20.9. The van der Waals surface area contributed by atoms with E-state index in [2.05, 4.69) is 5.32 Å². The summed E-state index contributed by atoms with van der Waals surface area (Å²) in [5.74, 6) is -0.845. The number of carbonyl (C=O) groups is 2. The summed E-state index contributed by atoms with van der Waals surface area (Å²) in [6.07, 6.45) is 0.249. The van der Waals surface area contributed by atoms with E-state index in [1.54, 1.807) is 30.3 Å². The molecule has 0 aliphatic heterocycles. The molecule has 0 saturated carbocycles. The minimum absolute atomic E-state index is 0.0412. The summed E-state index contributed by atoms with van der Waals surface area (Å²) in [5, 5.41) is 3.30. The SMILES string of the molecule is Cc1ccc(S(=O)(=O)N(CC(=O)N(Cc2cccc(C)c2)C(Cc2ccccc2)C(=O)NC(C)C)c2cccc(Cl)c2)cc1. The second-order valence-corrected chi connectivity index (χ2v) is 13.5. The fourth-order valence-electron chi connectivity index (χ4n) is 4.94. The van der Waals surface area contributed by atoms with Crippen LogP contribution in [-0.4, -0.2) is 43.8 Å². The van der Waals surface area contributed by atoms with E-state index in [-0.39, 0.29) is 35.5 Å². The van der Waals surface area contributed by atoms with Crippen LogP contribution in [0.3, 0.4) is 0 Å². The zero-order valence-electron chi connectivity index (χ0n) is 25.4. The molecule has 0 spiro atoms. The van der Waals surface area contributed by atoms with Crippen molar-refractivity contribution in [3.63, 3.8) is 0 Å². The smallest absolute Gasteiger partial charge is 0.264 e. The molecule has 0 aromatic heterocycles. The number of nitrogens with one attached hydrogen (secondary N) is 1. The molecule has 4 rings (SSSR count). The van der Waals surface area contributed by atoms with Crippen molar-refractivity contribution in [2.75, 3.05) is 10.8 Å². The minimum atomic E-state index is -4.19. The first-order valence-electron chi connectivity index (χ1n) is 14.5. The van der Waals surface area contributed by atoms with Gasteiger partial charge in [0.2, 0.25) is 11.8 Å². The second kappa shape index (κ2) is 14.6. The van der Waals surface area contributed by atoms with Crippen LogP contribution in [0, 0.1) is 13.8 Å². The Morgan fingerprint density at radius 1 is 0.795 bits per heavy atom. The number of hydrogen-bond donors (Lipinski definition) is 1. The second-order valence-electron chi connectivity index (χ2n) is 11.2. The molecule has 7 nitrogen and oxygen atoms in total. The third-order valence-electron chi connectivity index (χ3n) is 7.12. The topological polar surface area (TPSA) is 86.8 Å². The van der Waals surface area contributed by atoms with Gasteiger partial charge in [-0.3, -0.25) is 13.9 Å². The molecule has 0 aliphatic rings. The normalized spacial score (nSPS) is 12.0. The number of nitrogens with zero attached hydrogens (tertiary/aromatic N) is 2. The fraction of sp³-hybridized carbons (Fsp3) is 0.257. The Morgan fingerprint density at radius 3 is 2.09 bits per heavy atom. The highest BCUT2D eigenvalue weighted by molar-refractivity contribution is 7.92. The third-order valence-corrected chi connectivity index (χ3v) is 9.14. The third kappa shape index (κ3) is 8.49. The van der Waals surface area contributed by atoms with Gasteiger partial charge in [-0.15, -0.1) is 0 Å². The number of amides is 2. The Balaban J connectivity index is 1.81. The van der Waals surface area contributed by atoms with Gasteiger partial charge in [0, 0.05) is 24.0 Å². The molecule has 1 unspecified atom stereocenters. The van der Waals surface area contributed by atoms with Crippen molar-refractivity contribution in [3.8, 4) is 0 Å². The van der Waals surface area contributed by atoms with Crippen molar-refractivity contribution in [2.24, 2.45) is 0 Å². The number of aryl methyl sites for hydroxylation is 2. The van der Waals surface area contributed by atoms with Gasteiger partial charge < -0.3 is 10.2 Å². The van der Waals surface area contributed by atoms with Gasteiger partial charge in [-0.2, -0.15) is 0 Å². The summed E-state index contributed by atoms with van der Waals surface area (Å²) in [4.78, 5) is 29.7. The molecule has 0 bridgehead atoms. The molecule has 1 atom stereocenters. The van der Waals surface area contributed by atoms with Crippen LogP contribution in [-0.2, 0) is 32.6 Å². The predicted octanol–water partition coefficient (Wildman–Crippen LogP) is 6.32. The first kappa shape index (κ1) is 32.8.